The molecule has 3 heteroatoms. The molecular weight excluding hydrogens is 323 g/mol. The van der Waals surface area contributed by atoms with Crippen molar-refractivity contribution in [2.24, 2.45) is 5.92 Å². The fourth-order valence-corrected chi connectivity index (χ4v) is 3.30. The molecule has 0 aromatic heterocycles. The molecular formula is C12H13Br2F. The first-order valence-electron chi connectivity index (χ1n) is 5.25. The van der Waals surface area contributed by atoms with Crippen LogP contribution in [0, 0.1) is 11.7 Å². The van der Waals surface area contributed by atoms with Crippen molar-refractivity contribution in [3.63, 3.8) is 0 Å². The molecule has 0 saturated heterocycles. The lowest BCUT2D eigenvalue weighted by Crippen LogP contribution is -2.10. The van der Waals surface area contributed by atoms with Gasteiger partial charge in [0.05, 0.1) is 0 Å². The topological polar surface area (TPSA) is 0 Å². The molecule has 15 heavy (non-hydrogen) atoms. The highest BCUT2D eigenvalue weighted by molar-refractivity contribution is 9.10. The van der Waals surface area contributed by atoms with E-state index in [4.69, 9.17) is 0 Å². The molecule has 0 bridgehead atoms. The van der Waals surface area contributed by atoms with Gasteiger partial charge in [-0.1, -0.05) is 44.3 Å². The molecule has 0 heterocycles. The molecule has 0 radical (unpaired) electrons. The van der Waals surface area contributed by atoms with Crippen molar-refractivity contribution in [2.45, 2.75) is 30.5 Å². The van der Waals surface area contributed by atoms with E-state index in [9.17, 15) is 4.39 Å². The van der Waals surface area contributed by atoms with Gasteiger partial charge in [-0.3, -0.25) is 0 Å². The maximum absolute atomic E-state index is 13.6. The summed E-state index contributed by atoms with van der Waals surface area (Å²) in [6.07, 6.45) is 4.56. The molecule has 1 aliphatic rings. The molecule has 2 rings (SSSR count). The molecule has 1 aromatic carbocycles. The maximum Gasteiger partial charge on any atom is 0.127 e. The number of alkyl halides is 1. The molecule has 0 spiro atoms. The van der Waals surface area contributed by atoms with Gasteiger partial charge in [-0.15, -0.1) is 0 Å². The molecule has 0 nitrogen and oxygen atoms in total. The van der Waals surface area contributed by atoms with Crippen LogP contribution in [0.4, 0.5) is 4.39 Å². The average molecular weight is 336 g/mol. The fourth-order valence-electron chi connectivity index (χ4n) is 2.19. The van der Waals surface area contributed by atoms with Crippen LogP contribution in [-0.4, -0.2) is 4.83 Å². The van der Waals surface area contributed by atoms with E-state index in [0.29, 0.717) is 10.7 Å². The van der Waals surface area contributed by atoms with E-state index in [-0.39, 0.29) is 5.82 Å². The summed E-state index contributed by atoms with van der Waals surface area (Å²) in [6, 6.07) is 5.35. The second-order valence-electron chi connectivity index (χ2n) is 4.15. The summed E-state index contributed by atoms with van der Waals surface area (Å²) in [5, 5.41) is 0. The Morgan fingerprint density at radius 3 is 2.73 bits per heavy atom. The van der Waals surface area contributed by atoms with Crippen LogP contribution < -0.4 is 0 Å². The summed E-state index contributed by atoms with van der Waals surface area (Å²) >= 11 is 6.94. The van der Waals surface area contributed by atoms with Crippen molar-refractivity contribution in [3.8, 4) is 0 Å². The lowest BCUT2D eigenvalue weighted by Gasteiger charge is -2.14. The van der Waals surface area contributed by atoms with Gasteiger partial charge in [0.1, 0.15) is 5.82 Å². The fraction of sp³-hybridized carbons (Fsp3) is 0.500. The second kappa shape index (κ2) is 4.96. The predicted octanol–water partition coefficient (Wildman–Crippen LogP) is 4.69. The third-order valence-electron chi connectivity index (χ3n) is 3.06. The Balaban J connectivity index is 2.10. The molecule has 0 aliphatic heterocycles. The van der Waals surface area contributed by atoms with Gasteiger partial charge >= 0.3 is 0 Å². The Morgan fingerprint density at radius 2 is 2.13 bits per heavy atom. The minimum absolute atomic E-state index is 0.0871. The zero-order valence-corrected chi connectivity index (χ0v) is 11.5. The van der Waals surface area contributed by atoms with Crippen LogP contribution in [0.3, 0.4) is 0 Å². The third kappa shape index (κ3) is 2.82. The first-order chi connectivity index (χ1) is 7.16. The van der Waals surface area contributed by atoms with Gasteiger partial charge in [-0.25, -0.2) is 4.39 Å². The maximum atomic E-state index is 13.6. The molecule has 1 aromatic rings. The Morgan fingerprint density at radius 1 is 1.33 bits per heavy atom. The monoisotopic (exact) mass is 334 g/mol. The van der Waals surface area contributed by atoms with E-state index in [0.717, 1.165) is 16.5 Å². The zero-order chi connectivity index (χ0) is 10.8. The molecule has 1 fully saturated rings. The number of hydrogen-bond donors (Lipinski definition) is 0. The van der Waals surface area contributed by atoms with Crippen molar-refractivity contribution in [2.75, 3.05) is 0 Å². The molecule has 82 valence electrons. The standard InChI is InChI=1S/C12H13Br2F/c13-10-5-4-9(12(15)7-10)6-8-2-1-3-11(8)14/h4-5,7-8,11H,1-3,6H2. The molecule has 1 saturated carbocycles. The highest BCUT2D eigenvalue weighted by Crippen LogP contribution is 2.34. The van der Waals surface area contributed by atoms with Gasteiger partial charge in [-0.05, 0) is 42.9 Å². The highest BCUT2D eigenvalue weighted by atomic mass is 79.9. The van der Waals surface area contributed by atoms with E-state index >= 15 is 0 Å². The van der Waals surface area contributed by atoms with Crippen molar-refractivity contribution in [3.05, 3.63) is 34.1 Å². The molecule has 1 aliphatic carbocycles. The third-order valence-corrected chi connectivity index (χ3v) is 4.76. The van der Waals surface area contributed by atoms with Gasteiger partial charge in [-0.2, -0.15) is 0 Å². The van der Waals surface area contributed by atoms with Gasteiger partial charge in [0, 0.05) is 9.30 Å². The SMILES string of the molecule is Fc1cc(Br)ccc1CC1CCCC1Br. The average Bonchev–Trinajstić information content (AvgIpc) is 2.57. The quantitative estimate of drug-likeness (QED) is 0.687. The Labute approximate surface area is 107 Å². The number of halogens is 3. The van der Waals surface area contributed by atoms with Crippen LogP contribution in [0.1, 0.15) is 24.8 Å². The lowest BCUT2D eigenvalue weighted by atomic mass is 9.98. The van der Waals surface area contributed by atoms with Gasteiger partial charge < -0.3 is 0 Å². The molecule has 0 amide bonds. The summed E-state index contributed by atoms with van der Waals surface area (Å²) in [7, 11) is 0. The minimum atomic E-state index is -0.0871. The summed E-state index contributed by atoms with van der Waals surface area (Å²) in [4.78, 5) is 0.570. The van der Waals surface area contributed by atoms with E-state index < -0.39 is 0 Å². The van der Waals surface area contributed by atoms with Crippen LogP contribution in [0.25, 0.3) is 0 Å². The van der Waals surface area contributed by atoms with Crippen LogP contribution in [0.15, 0.2) is 22.7 Å². The minimum Gasteiger partial charge on any atom is -0.207 e. The Bertz CT molecular complexity index is 351. The van der Waals surface area contributed by atoms with Gasteiger partial charge in [0.2, 0.25) is 0 Å². The van der Waals surface area contributed by atoms with Crippen molar-refractivity contribution >= 4 is 31.9 Å². The second-order valence-corrected chi connectivity index (χ2v) is 6.24. The largest absolute Gasteiger partial charge is 0.207 e. The van der Waals surface area contributed by atoms with Crippen molar-refractivity contribution in [1.82, 2.24) is 0 Å². The molecule has 0 N–H and O–H groups in total. The Hall–Kier alpha value is 0.110. The van der Waals surface area contributed by atoms with Gasteiger partial charge in [0.15, 0.2) is 0 Å². The number of rotatable bonds is 2. The van der Waals surface area contributed by atoms with E-state index in [1.54, 1.807) is 6.07 Å². The smallest absolute Gasteiger partial charge is 0.127 e. The van der Waals surface area contributed by atoms with Crippen LogP contribution in [-0.2, 0) is 6.42 Å². The van der Waals surface area contributed by atoms with Crippen LogP contribution >= 0.6 is 31.9 Å². The summed E-state index contributed by atoms with van der Waals surface area (Å²) in [5.41, 5.74) is 0.842. The van der Waals surface area contributed by atoms with E-state index in [2.05, 4.69) is 31.9 Å². The van der Waals surface area contributed by atoms with Crippen molar-refractivity contribution in [1.29, 1.82) is 0 Å². The number of hydrogen-bond acceptors (Lipinski definition) is 0. The first kappa shape index (κ1) is 11.6. The highest BCUT2D eigenvalue weighted by Gasteiger charge is 2.25. The lowest BCUT2D eigenvalue weighted by molar-refractivity contribution is 0.532. The zero-order valence-electron chi connectivity index (χ0n) is 8.35. The first-order valence-corrected chi connectivity index (χ1v) is 6.95. The summed E-state index contributed by atoms with van der Waals surface area (Å²) < 4.78 is 14.4. The summed E-state index contributed by atoms with van der Waals surface area (Å²) in [6.45, 7) is 0. The predicted molar refractivity (Wildman–Crippen MR) is 67.9 cm³/mol. The van der Waals surface area contributed by atoms with Crippen molar-refractivity contribution < 1.29 is 4.39 Å². The normalized spacial score (nSPS) is 25.8. The van der Waals surface area contributed by atoms with E-state index in [1.165, 1.54) is 19.3 Å². The number of benzene rings is 1. The van der Waals surface area contributed by atoms with E-state index in [1.807, 2.05) is 12.1 Å². The molecule has 2 atom stereocenters. The van der Waals surface area contributed by atoms with Gasteiger partial charge in [0.25, 0.3) is 0 Å². The molecule has 2 unspecified atom stereocenters. The van der Waals surface area contributed by atoms with Crippen LogP contribution in [0.5, 0.6) is 0 Å². The van der Waals surface area contributed by atoms with Crippen LogP contribution in [0.2, 0.25) is 0 Å². The Kier molecular flexibility index (Phi) is 3.83. The summed E-state index contributed by atoms with van der Waals surface area (Å²) in [5.74, 6) is 0.511.